The van der Waals surface area contributed by atoms with Crippen molar-refractivity contribution in [3.63, 3.8) is 0 Å². The van der Waals surface area contributed by atoms with Crippen LogP contribution in [0.4, 0.5) is 5.69 Å². The molecule has 1 saturated heterocycles. The Kier molecular flexibility index (Phi) is 5.44. The number of anilines is 1. The summed E-state index contributed by atoms with van der Waals surface area (Å²) in [7, 11) is -3.20. The molecule has 6 heteroatoms. The first-order chi connectivity index (χ1) is 8.06. The van der Waals surface area contributed by atoms with Gasteiger partial charge in [0.15, 0.2) is 0 Å². The van der Waals surface area contributed by atoms with E-state index in [-0.39, 0.29) is 12.4 Å². The molecule has 0 aromatic heterocycles. The van der Waals surface area contributed by atoms with E-state index in [1.807, 2.05) is 24.3 Å². The first kappa shape index (κ1) is 15.3. The van der Waals surface area contributed by atoms with E-state index in [4.69, 9.17) is 0 Å². The van der Waals surface area contributed by atoms with Crippen molar-refractivity contribution in [2.45, 2.75) is 18.8 Å². The maximum atomic E-state index is 11.3. The number of rotatable bonds is 3. The molecule has 2 N–H and O–H groups in total. The van der Waals surface area contributed by atoms with Gasteiger partial charge in [0.25, 0.3) is 0 Å². The number of nitrogens with one attached hydrogen (secondary N) is 2. The lowest BCUT2D eigenvalue weighted by atomic mass is 9.89. The summed E-state index contributed by atoms with van der Waals surface area (Å²) >= 11 is 0. The number of benzene rings is 1. The highest BCUT2D eigenvalue weighted by Crippen LogP contribution is 2.31. The molecule has 0 radical (unpaired) electrons. The summed E-state index contributed by atoms with van der Waals surface area (Å²) in [6.45, 7) is 2.00. The van der Waals surface area contributed by atoms with Crippen LogP contribution in [0.25, 0.3) is 0 Å². The van der Waals surface area contributed by atoms with Crippen molar-refractivity contribution < 1.29 is 8.42 Å². The molecule has 1 aromatic rings. The van der Waals surface area contributed by atoms with Gasteiger partial charge in [0, 0.05) is 0 Å². The van der Waals surface area contributed by atoms with Gasteiger partial charge in [-0.2, -0.15) is 0 Å². The number of hydrogen-bond acceptors (Lipinski definition) is 3. The van der Waals surface area contributed by atoms with Crippen LogP contribution >= 0.6 is 12.4 Å². The van der Waals surface area contributed by atoms with Crippen LogP contribution in [-0.4, -0.2) is 27.8 Å². The lowest BCUT2D eigenvalue weighted by Crippen LogP contribution is -2.27. The molecule has 1 aliphatic heterocycles. The molecule has 0 aliphatic carbocycles. The molecule has 0 amide bonds. The van der Waals surface area contributed by atoms with E-state index in [0.717, 1.165) is 37.2 Å². The van der Waals surface area contributed by atoms with Crippen LogP contribution in [0, 0.1) is 0 Å². The molecule has 0 spiro atoms. The van der Waals surface area contributed by atoms with Crippen LogP contribution in [0.5, 0.6) is 0 Å². The summed E-state index contributed by atoms with van der Waals surface area (Å²) in [5.41, 5.74) is 1.83. The Balaban J connectivity index is 0.00000162. The molecule has 0 unspecified atom stereocenters. The lowest BCUT2D eigenvalue weighted by molar-refractivity contribution is 0.461. The van der Waals surface area contributed by atoms with Crippen LogP contribution in [-0.2, 0) is 10.0 Å². The van der Waals surface area contributed by atoms with Gasteiger partial charge < -0.3 is 5.32 Å². The molecule has 4 nitrogen and oxygen atoms in total. The highest BCUT2D eigenvalue weighted by atomic mass is 35.5. The van der Waals surface area contributed by atoms with Gasteiger partial charge in [0.1, 0.15) is 0 Å². The summed E-state index contributed by atoms with van der Waals surface area (Å²) in [5.74, 6) is 0.446. The van der Waals surface area contributed by atoms with Crippen LogP contribution in [0.2, 0.25) is 0 Å². The summed E-state index contributed by atoms with van der Waals surface area (Å²) in [6.07, 6.45) is 3.30. The quantitative estimate of drug-likeness (QED) is 0.894. The Labute approximate surface area is 115 Å². The number of halogens is 1. The van der Waals surface area contributed by atoms with Gasteiger partial charge in [-0.05, 0) is 43.5 Å². The van der Waals surface area contributed by atoms with Crippen molar-refractivity contribution in [2.24, 2.45) is 0 Å². The second kappa shape index (κ2) is 6.41. The first-order valence-corrected chi connectivity index (χ1v) is 7.73. The maximum absolute atomic E-state index is 11.3. The topological polar surface area (TPSA) is 58.2 Å². The molecule has 1 aliphatic rings. The Morgan fingerprint density at radius 1 is 1.22 bits per heavy atom. The predicted octanol–water partition coefficient (Wildman–Crippen LogP) is 1.95. The molecular formula is C12H19ClN2O2S. The standard InChI is InChI=1S/C12H18N2O2S.ClH/c1-17(15,16)14-12-5-3-2-4-11(12)10-6-8-13-9-7-10;/h2-5,10,13-14H,6-9H2,1H3;1H. The van der Waals surface area contributed by atoms with E-state index in [0.29, 0.717) is 5.92 Å². The van der Waals surface area contributed by atoms with E-state index >= 15 is 0 Å². The minimum atomic E-state index is -3.20. The Bertz CT molecular complexity index is 485. The largest absolute Gasteiger partial charge is 0.317 e. The molecular weight excluding hydrogens is 272 g/mol. The van der Waals surface area contributed by atoms with Gasteiger partial charge in [0.05, 0.1) is 11.9 Å². The minimum Gasteiger partial charge on any atom is -0.317 e. The second-order valence-electron chi connectivity index (χ2n) is 4.49. The summed E-state index contributed by atoms with van der Waals surface area (Å²) < 4.78 is 25.2. The fourth-order valence-corrected chi connectivity index (χ4v) is 2.86. The van der Waals surface area contributed by atoms with Gasteiger partial charge in [0.2, 0.25) is 10.0 Å². The van der Waals surface area contributed by atoms with E-state index < -0.39 is 10.0 Å². The molecule has 0 saturated carbocycles. The third kappa shape index (κ3) is 4.15. The molecule has 1 fully saturated rings. The summed E-state index contributed by atoms with van der Waals surface area (Å²) in [5, 5.41) is 3.31. The van der Waals surface area contributed by atoms with Gasteiger partial charge >= 0.3 is 0 Å². The van der Waals surface area contributed by atoms with E-state index in [2.05, 4.69) is 10.0 Å². The van der Waals surface area contributed by atoms with Crippen molar-refractivity contribution in [3.05, 3.63) is 29.8 Å². The van der Waals surface area contributed by atoms with Crippen molar-refractivity contribution in [3.8, 4) is 0 Å². The fourth-order valence-electron chi connectivity index (χ4n) is 2.28. The second-order valence-corrected chi connectivity index (χ2v) is 6.23. The third-order valence-corrected chi connectivity index (χ3v) is 3.63. The molecule has 0 atom stereocenters. The lowest BCUT2D eigenvalue weighted by Gasteiger charge is -2.25. The summed E-state index contributed by atoms with van der Waals surface area (Å²) in [6, 6.07) is 7.67. The van der Waals surface area contributed by atoms with E-state index in [1.54, 1.807) is 0 Å². The molecule has 1 heterocycles. The van der Waals surface area contributed by atoms with Gasteiger partial charge in [-0.25, -0.2) is 8.42 Å². The molecule has 1 aromatic carbocycles. The monoisotopic (exact) mass is 290 g/mol. The number of hydrogen-bond donors (Lipinski definition) is 2. The SMILES string of the molecule is CS(=O)(=O)Nc1ccccc1C1CCNCC1.Cl. The Morgan fingerprint density at radius 2 is 1.83 bits per heavy atom. The normalized spacial score (nSPS) is 16.9. The zero-order valence-electron chi connectivity index (χ0n) is 10.3. The molecule has 102 valence electrons. The first-order valence-electron chi connectivity index (χ1n) is 5.84. The zero-order chi connectivity index (χ0) is 12.3. The van der Waals surface area contributed by atoms with Crippen molar-refractivity contribution in [1.82, 2.24) is 5.32 Å². The van der Waals surface area contributed by atoms with Crippen molar-refractivity contribution >= 4 is 28.1 Å². The van der Waals surface area contributed by atoms with Crippen molar-refractivity contribution in [1.29, 1.82) is 0 Å². The third-order valence-electron chi connectivity index (χ3n) is 3.04. The molecule has 2 rings (SSSR count). The number of para-hydroxylation sites is 1. The smallest absolute Gasteiger partial charge is 0.229 e. The fraction of sp³-hybridized carbons (Fsp3) is 0.500. The zero-order valence-corrected chi connectivity index (χ0v) is 12.0. The number of piperidine rings is 1. The highest BCUT2D eigenvalue weighted by molar-refractivity contribution is 7.92. The van der Waals surface area contributed by atoms with E-state index in [9.17, 15) is 8.42 Å². The average Bonchev–Trinajstić information content (AvgIpc) is 2.29. The minimum absolute atomic E-state index is 0. The van der Waals surface area contributed by atoms with Gasteiger partial charge in [-0.3, -0.25) is 4.72 Å². The summed E-state index contributed by atoms with van der Waals surface area (Å²) in [4.78, 5) is 0. The average molecular weight is 291 g/mol. The maximum Gasteiger partial charge on any atom is 0.229 e. The van der Waals surface area contributed by atoms with Gasteiger partial charge in [-0.15, -0.1) is 12.4 Å². The van der Waals surface area contributed by atoms with Crippen LogP contribution in [0.1, 0.15) is 24.3 Å². The Morgan fingerprint density at radius 3 is 2.44 bits per heavy atom. The highest BCUT2D eigenvalue weighted by Gasteiger charge is 2.18. The Hall–Kier alpha value is -0.780. The van der Waals surface area contributed by atoms with Crippen molar-refractivity contribution in [2.75, 3.05) is 24.1 Å². The van der Waals surface area contributed by atoms with Crippen LogP contribution < -0.4 is 10.0 Å². The molecule has 0 bridgehead atoms. The van der Waals surface area contributed by atoms with Crippen LogP contribution in [0.3, 0.4) is 0 Å². The van der Waals surface area contributed by atoms with E-state index in [1.165, 1.54) is 6.26 Å². The van der Waals surface area contributed by atoms with Crippen LogP contribution in [0.15, 0.2) is 24.3 Å². The molecule has 18 heavy (non-hydrogen) atoms. The number of sulfonamides is 1. The predicted molar refractivity (Wildman–Crippen MR) is 77.0 cm³/mol. The van der Waals surface area contributed by atoms with Gasteiger partial charge in [-0.1, -0.05) is 18.2 Å².